The molecule has 2 rings (SSSR count). The van der Waals surface area contributed by atoms with Crippen molar-refractivity contribution in [2.75, 3.05) is 13.4 Å². The molecule has 176 valence electrons. The predicted molar refractivity (Wildman–Crippen MR) is 109 cm³/mol. The number of alkyl halides is 2. The van der Waals surface area contributed by atoms with Gasteiger partial charge >= 0.3 is 25.0 Å². The van der Waals surface area contributed by atoms with Gasteiger partial charge in [-0.2, -0.15) is 8.78 Å². The molecular weight excluding hydrogens is 429 g/mol. The van der Waals surface area contributed by atoms with Crippen molar-refractivity contribution < 1.29 is 47.1 Å². The lowest BCUT2D eigenvalue weighted by molar-refractivity contribution is -0.175. The summed E-state index contributed by atoms with van der Waals surface area (Å²) in [5.41, 5.74) is -0.788. The van der Waals surface area contributed by atoms with Crippen LogP contribution in [-0.2, 0) is 30.2 Å². The van der Waals surface area contributed by atoms with Gasteiger partial charge in [0.1, 0.15) is 11.3 Å². The van der Waals surface area contributed by atoms with E-state index in [-0.39, 0.29) is 17.7 Å². The van der Waals surface area contributed by atoms with Gasteiger partial charge < -0.3 is 23.9 Å². The van der Waals surface area contributed by atoms with Crippen molar-refractivity contribution in [1.82, 2.24) is 0 Å². The van der Waals surface area contributed by atoms with E-state index < -0.39 is 61.8 Å². The maximum atomic E-state index is 13.6. The summed E-state index contributed by atoms with van der Waals surface area (Å²) in [6, 6.07) is 4.51. The molecule has 0 bridgehead atoms. The van der Waals surface area contributed by atoms with Crippen molar-refractivity contribution in [2.24, 2.45) is 0 Å². The number of esters is 2. The summed E-state index contributed by atoms with van der Waals surface area (Å²) in [6.45, 7) is 5.58. The fourth-order valence-electron chi connectivity index (χ4n) is 3.21. The Balaban J connectivity index is 2.05. The first-order chi connectivity index (χ1) is 14.9. The molecule has 1 aliphatic rings. The number of ether oxygens (including phenoxy) is 3. The number of fused-ring (bicyclic) bond motifs is 1. The van der Waals surface area contributed by atoms with Gasteiger partial charge in [0.2, 0.25) is 12.6 Å². The van der Waals surface area contributed by atoms with Crippen LogP contribution in [0.15, 0.2) is 18.2 Å². The monoisotopic (exact) mass is 456 g/mol. The zero-order valence-corrected chi connectivity index (χ0v) is 18.5. The first-order valence-corrected chi connectivity index (χ1v) is 10.3. The topological polar surface area (TPSA) is 108 Å². The zero-order chi connectivity index (χ0) is 24.1. The number of carbonyl (C=O) groups excluding carboxylic acids is 3. The SMILES string of the molecule is CCOC(C)(C)C(=O)OCOC(=O)c1cccc2c1OB(O)[C@@H](CC(=O)C(F)(F)CC)C2. The average Bonchev–Trinajstić information content (AvgIpc) is 2.73. The highest BCUT2D eigenvalue weighted by Gasteiger charge is 2.43. The Morgan fingerprint density at radius 3 is 2.53 bits per heavy atom. The van der Waals surface area contributed by atoms with Crippen molar-refractivity contribution in [3.05, 3.63) is 29.3 Å². The number of benzene rings is 1. The molecule has 8 nitrogen and oxygen atoms in total. The number of Topliss-reactive ketones (excluding diaryl/α,β-unsaturated/α-hetero) is 1. The van der Waals surface area contributed by atoms with Crippen LogP contribution in [0.3, 0.4) is 0 Å². The summed E-state index contributed by atoms with van der Waals surface area (Å²) in [5.74, 6) is -7.20. The molecular formula is C21H27BF2O8. The molecule has 0 aliphatic carbocycles. The summed E-state index contributed by atoms with van der Waals surface area (Å²) in [5, 5.41) is 10.2. The van der Waals surface area contributed by atoms with Gasteiger partial charge in [0.05, 0.1) is 0 Å². The standard InChI is InChI=1S/C21H27BF2O8/c1-5-21(23,24)16(25)11-14-10-13-8-7-9-15(17(13)32-22(14)28)18(26)29-12-30-19(27)20(3,4)31-6-2/h7-9,14,28H,5-6,10-12H2,1-4H3/t14-/m1/s1. The van der Waals surface area contributed by atoms with Gasteiger partial charge in [-0.15, -0.1) is 0 Å². The number of ketones is 1. The van der Waals surface area contributed by atoms with Crippen LogP contribution >= 0.6 is 0 Å². The third kappa shape index (κ3) is 6.04. The van der Waals surface area contributed by atoms with Crippen LogP contribution in [0.25, 0.3) is 0 Å². The van der Waals surface area contributed by atoms with E-state index in [1.165, 1.54) is 32.9 Å². The van der Waals surface area contributed by atoms with Crippen molar-refractivity contribution in [3.8, 4) is 5.75 Å². The smallest absolute Gasteiger partial charge is 0.526 e. The minimum absolute atomic E-state index is 0.0249. The largest absolute Gasteiger partial charge is 0.535 e. The number of hydrogen-bond acceptors (Lipinski definition) is 8. The molecule has 0 fully saturated rings. The second-order valence-corrected chi connectivity index (χ2v) is 7.88. The molecule has 0 radical (unpaired) electrons. The maximum absolute atomic E-state index is 13.6. The van der Waals surface area contributed by atoms with Crippen LogP contribution in [0.5, 0.6) is 5.75 Å². The van der Waals surface area contributed by atoms with E-state index in [1.807, 2.05) is 0 Å². The van der Waals surface area contributed by atoms with Gasteiger partial charge in [-0.3, -0.25) is 4.79 Å². The van der Waals surface area contributed by atoms with E-state index in [4.69, 9.17) is 18.9 Å². The first-order valence-electron chi connectivity index (χ1n) is 10.3. The molecule has 0 spiro atoms. The summed E-state index contributed by atoms with van der Waals surface area (Å²) < 4.78 is 47.7. The first kappa shape index (κ1) is 25.7. The Bertz CT molecular complexity index is 858. The molecule has 1 aromatic rings. The number of rotatable bonds is 10. The summed E-state index contributed by atoms with van der Waals surface area (Å²) in [6.07, 6.45) is -1.14. The predicted octanol–water partition coefficient (Wildman–Crippen LogP) is 2.95. The van der Waals surface area contributed by atoms with Crippen molar-refractivity contribution in [1.29, 1.82) is 0 Å². The van der Waals surface area contributed by atoms with E-state index in [1.54, 1.807) is 13.0 Å². The van der Waals surface area contributed by atoms with Crippen LogP contribution in [-0.4, -0.2) is 54.8 Å². The van der Waals surface area contributed by atoms with Gasteiger partial charge in [-0.05, 0) is 38.8 Å². The van der Waals surface area contributed by atoms with E-state index in [9.17, 15) is 28.2 Å². The molecule has 1 heterocycles. The molecule has 1 atom stereocenters. The van der Waals surface area contributed by atoms with Crippen LogP contribution in [0.2, 0.25) is 5.82 Å². The normalized spacial score (nSPS) is 16.1. The van der Waals surface area contributed by atoms with E-state index in [0.717, 1.165) is 0 Å². The van der Waals surface area contributed by atoms with Crippen molar-refractivity contribution in [3.63, 3.8) is 0 Å². The molecule has 0 saturated heterocycles. The van der Waals surface area contributed by atoms with E-state index in [0.29, 0.717) is 12.2 Å². The molecule has 32 heavy (non-hydrogen) atoms. The fourth-order valence-corrected chi connectivity index (χ4v) is 3.21. The van der Waals surface area contributed by atoms with Crippen LogP contribution in [0.1, 0.15) is 56.5 Å². The lowest BCUT2D eigenvalue weighted by Gasteiger charge is -2.29. The molecule has 1 aliphatic heterocycles. The average molecular weight is 456 g/mol. The van der Waals surface area contributed by atoms with E-state index >= 15 is 0 Å². The summed E-state index contributed by atoms with van der Waals surface area (Å²) in [7, 11) is -1.56. The fraction of sp³-hybridized carbons (Fsp3) is 0.571. The zero-order valence-electron chi connectivity index (χ0n) is 18.5. The minimum Gasteiger partial charge on any atom is -0.535 e. The second-order valence-electron chi connectivity index (χ2n) is 7.88. The quantitative estimate of drug-likeness (QED) is 0.325. The third-order valence-electron chi connectivity index (χ3n) is 5.12. The minimum atomic E-state index is -3.47. The van der Waals surface area contributed by atoms with Crippen molar-refractivity contribution >= 4 is 24.8 Å². The van der Waals surface area contributed by atoms with Crippen LogP contribution in [0, 0.1) is 0 Å². The Kier molecular flexibility index (Phi) is 8.36. The lowest BCUT2D eigenvalue weighted by atomic mass is 9.64. The highest BCUT2D eigenvalue weighted by molar-refractivity contribution is 6.47. The second kappa shape index (κ2) is 10.4. The molecule has 0 unspecified atom stereocenters. The van der Waals surface area contributed by atoms with Gasteiger partial charge in [0.15, 0.2) is 5.60 Å². The highest BCUT2D eigenvalue weighted by atomic mass is 19.3. The number of carbonyl (C=O) groups is 3. The summed E-state index contributed by atoms with van der Waals surface area (Å²) >= 11 is 0. The van der Waals surface area contributed by atoms with Gasteiger partial charge in [0, 0.05) is 25.3 Å². The molecule has 0 saturated carbocycles. The van der Waals surface area contributed by atoms with Crippen LogP contribution < -0.4 is 4.65 Å². The lowest BCUT2D eigenvalue weighted by Crippen LogP contribution is -2.39. The molecule has 1 N–H and O–H groups in total. The summed E-state index contributed by atoms with van der Waals surface area (Å²) in [4.78, 5) is 36.3. The molecule has 0 aromatic heterocycles. The van der Waals surface area contributed by atoms with Crippen molar-refractivity contribution in [2.45, 2.75) is 64.3 Å². The number of para-hydroxylation sites is 1. The maximum Gasteiger partial charge on any atom is 0.526 e. The van der Waals surface area contributed by atoms with E-state index in [2.05, 4.69) is 0 Å². The van der Waals surface area contributed by atoms with Gasteiger partial charge in [-0.25, -0.2) is 9.59 Å². The number of hydrogen-bond donors (Lipinski definition) is 1. The molecule has 11 heteroatoms. The Hall–Kier alpha value is -2.53. The Morgan fingerprint density at radius 1 is 1.22 bits per heavy atom. The third-order valence-corrected chi connectivity index (χ3v) is 5.12. The number of halogens is 2. The van der Waals surface area contributed by atoms with Gasteiger partial charge in [0.25, 0.3) is 0 Å². The Labute approximate surface area is 185 Å². The highest BCUT2D eigenvalue weighted by Crippen LogP contribution is 2.38. The Morgan fingerprint density at radius 2 is 1.91 bits per heavy atom. The van der Waals surface area contributed by atoms with Gasteiger partial charge in [-0.1, -0.05) is 19.1 Å². The van der Waals surface area contributed by atoms with Crippen LogP contribution in [0.4, 0.5) is 8.78 Å². The molecule has 0 amide bonds. The molecule has 1 aromatic carbocycles.